The van der Waals surface area contributed by atoms with Gasteiger partial charge in [0, 0.05) is 36.4 Å². The van der Waals surface area contributed by atoms with Gasteiger partial charge in [0.15, 0.2) is 11.7 Å². The van der Waals surface area contributed by atoms with Crippen molar-refractivity contribution in [2.75, 3.05) is 31.5 Å². The van der Waals surface area contributed by atoms with Crippen LogP contribution in [-0.4, -0.2) is 65.8 Å². The lowest BCUT2D eigenvalue weighted by Gasteiger charge is -2.39. The number of likely N-dealkylation sites (tertiary alicyclic amines) is 2. The van der Waals surface area contributed by atoms with Crippen LogP contribution in [0.4, 0.5) is 5.69 Å². The largest absolute Gasteiger partial charge is 0.343 e. The first-order chi connectivity index (χ1) is 14.6. The number of hydrogen-bond donors (Lipinski definition) is 2. The second kappa shape index (κ2) is 9.92. The normalized spacial score (nSPS) is 26.7. The van der Waals surface area contributed by atoms with Gasteiger partial charge in [0.25, 0.3) is 0 Å². The first-order valence-electron chi connectivity index (χ1n) is 11.8. The van der Waals surface area contributed by atoms with E-state index in [1.54, 1.807) is 6.92 Å². The summed E-state index contributed by atoms with van der Waals surface area (Å²) in [4.78, 5) is 22.0. The topological polar surface area (TPSA) is 74.0 Å². The van der Waals surface area contributed by atoms with Crippen LogP contribution in [0.5, 0.6) is 0 Å². The van der Waals surface area contributed by atoms with Crippen LogP contribution in [0.3, 0.4) is 0 Å². The second-order valence-corrected chi connectivity index (χ2v) is 9.19. The number of nitrogens with two attached hydrogens (primary N) is 1. The third kappa shape index (κ3) is 5.22. The molecule has 0 radical (unpaired) electrons. The molecule has 0 spiro atoms. The van der Waals surface area contributed by atoms with Crippen molar-refractivity contribution < 1.29 is 4.79 Å². The van der Waals surface area contributed by atoms with Crippen molar-refractivity contribution in [1.29, 1.82) is 0 Å². The fourth-order valence-electron chi connectivity index (χ4n) is 5.14. The molecule has 3 N–H and O–H groups in total. The van der Waals surface area contributed by atoms with Crippen molar-refractivity contribution in [3.8, 4) is 0 Å². The van der Waals surface area contributed by atoms with Crippen LogP contribution in [0.1, 0.15) is 68.6 Å². The number of hydrogen-bond acceptors (Lipinski definition) is 4. The lowest BCUT2D eigenvalue weighted by Crippen LogP contribution is -2.49. The molecule has 0 aromatic heterocycles. The second-order valence-electron chi connectivity index (χ2n) is 9.19. The average Bonchev–Trinajstić information content (AvgIpc) is 3.30. The SMILES string of the molecule is CC(=O)c1cccc(NC(=N[C@H]2CCCC[C@@H]2N)N2CCC(N3CCCC3)CC2)c1. The van der Waals surface area contributed by atoms with Gasteiger partial charge in [0.05, 0.1) is 6.04 Å². The van der Waals surface area contributed by atoms with Crippen LogP contribution in [0.2, 0.25) is 0 Å². The van der Waals surface area contributed by atoms with Gasteiger partial charge < -0.3 is 20.9 Å². The quantitative estimate of drug-likeness (QED) is 0.451. The Hall–Kier alpha value is -1.92. The van der Waals surface area contributed by atoms with Gasteiger partial charge in [-0.25, -0.2) is 4.99 Å². The van der Waals surface area contributed by atoms with Crippen molar-refractivity contribution in [3.63, 3.8) is 0 Å². The van der Waals surface area contributed by atoms with Crippen molar-refractivity contribution >= 4 is 17.4 Å². The number of benzene rings is 1. The zero-order valence-electron chi connectivity index (χ0n) is 18.4. The van der Waals surface area contributed by atoms with E-state index in [1.165, 1.54) is 51.6 Å². The Morgan fingerprint density at radius 3 is 2.47 bits per heavy atom. The summed E-state index contributed by atoms with van der Waals surface area (Å²) in [5.41, 5.74) is 8.06. The maximum absolute atomic E-state index is 11.8. The van der Waals surface area contributed by atoms with E-state index in [-0.39, 0.29) is 17.9 Å². The van der Waals surface area contributed by atoms with Gasteiger partial charge in [-0.2, -0.15) is 0 Å². The number of carbonyl (C=O) groups is 1. The molecule has 0 unspecified atom stereocenters. The summed E-state index contributed by atoms with van der Waals surface area (Å²) in [6.07, 6.45) is 9.59. The van der Waals surface area contributed by atoms with Crippen molar-refractivity contribution in [2.24, 2.45) is 10.7 Å². The summed E-state index contributed by atoms with van der Waals surface area (Å²) in [6.45, 7) is 6.16. The number of nitrogens with zero attached hydrogens (tertiary/aromatic N) is 3. The number of guanidine groups is 1. The number of piperidine rings is 1. The van der Waals surface area contributed by atoms with Crippen LogP contribution in [-0.2, 0) is 0 Å². The predicted molar refractivity (Wildman–Crippen MR) is 123 cm³/mol. The molecule has 1 aromatic rings. The molecular weight excluding hydrogens is 374 g/mol. The highest BCUT2D eigenvalue weighted by atomic mass is 16.1. The van der Waals surface area contributed by atoms with E-state index in [1.807, 2.05) is 24.3 Å². The molecule has 2 heterocycles. The number of carbonyl (C=O) groups excluding carboxylic acids is 1. The lowest BCUT2D eigenvalue weighted by atomic mass is 9.91. The van der Waals surface area contributed by atoms with E-state index in [9.17, 15) is 4.79 Å². The molecule has 3 fully saturated rings. The lowest BCUT2D eigenvalue weighted by molar-refractivity contribution is 0.101. The Labute approximate surface area is 180 Å². The third-order valence-corrected chi connectivity index (χ3v) is 7.02. The third-order valence-electron chi connectivity index (χ3n) is 7.02. The molecule has 30 heavy (non-hydrogen) atoms. The summed E-state index contributed by atoms with van der Waals surface area (Å²) >= 11 is 0. The van der Waals surface area contributed by atoms with Gasteiger partial charge >= 0.3 is 0 Å². The van der Waals surface area contributed by atoms with Crippen LogP contribution in [0.15, 0.2) is 29.3 Å². The molecule has 164 valence electrons. The fourth-order valence-corrected chi connectivity index (χ4v) is 5.14. The highest BCUT2D eigenvalue weighted by Crippen LogP contribution is 2.24. The molecule has 2 saturated heterocycles. The van der Waals surface area contributed by atoms with E-state index in [4.69, 9.17) is 10.7 Å². The highest BCUT2D eigenvalue weighted by Gasteiger charge is 2.29. The molecule has 6 nitrogen and oxygen atoms in total. The zero-order chi connectivity index (χ0) is 20.9. The van der Waals surface area contributed by atoms with Gasteiger partial charge in [-0.3, -0.25) is 4.79 Å². The number of Topliss-reactive ketones (excluding diaryl/α,β-unsaturated/α-hetero) is 1. The Kier molecular flexibility index (Phi) is 7.05. The minimum absolute atomic E-state index is 0.0814. The van der Waals surface area contributed by atoms with Gasteiger partial charge in [-0.15, -0.1) is 0 Å². The predicted octanol–water partition coefficient (Wildman–Crippen LogP) is 3.49. The molecule has 3 aliphatic rings. The minimum atomic E-state index is 0.0814. The van der Waals surface area contributed by atoms with Crippen LogP contribution >= 0.6 is 0 Å². The maximum Gasteiger partial charge on any atom is 0.198 e. The molecule has 2 aliphatic heterocycles. The molecule has 1 saturated carbocycles. The van der Waals surface area contributed by atoms with E-state index < -0.39 is 0 Å². The maximum atomic E-state index is 11.8. The summed E-state index contributed by atoms with van der Waals surface area (Å²) in [6, 6.07) is 8.76. The first kappa shape index (κ1) is 21.3. The fraction of sp³-hybridized carbons (Fsp3) is 0.667. The molecule has 0 bridgehead atoms. The van der Waals surface area contributed by atoms with Crippen molar-refractivity contribution in [1.82, 2.24) is 9.80 Å². The number of rotatable bonds is 4. The van der Waals surface area contributed by atoms with Crippen LogP contribution in [0.25, 0.3) is 0 Å². The number of anilines is 1. The number of aliphatic imine (C=N–C) groups is 1. The minimum Gasteiger partial charge on any atom is -0.343 e. The molecule has 2 atom stereocenters. The summed E-state index contributed by atoms with van der Waals surface area (Å²) in [5.74, 6) is 1.01. The van der Waals surface area contributed by atoms with E-state index in [2.05, 4.69) is 15.1 Å². The van der Waals surface area contributed by atoms with Crippen LogP contribution in [0, 0.1) is 0 Å². The number of nitrogens with one attached hydrogen (secondary N) is 1. The Morgan fingerprint density at radius 2 is 1.77 bits per heavy atom. The van der Waals surface area contributed by atoms with E-state index in [0.29, 0.717) is 6.04 Å². The Morgan fingerprint density at radius 1 is 1.03 bits per heavy atom. The number of ketones is 1. The molecule has 0 amide bonds. The van der Waals surface area contributed by atoms with Gasteiger partial charge in [-0.1, -0.05) is 25.0 Å². The van der Waals surface area contributed by atoms with E-state index in [0.717, 1.165) is 43.1 Å². The highest BCUT2D eigenvalue weighted by molar-refractivity contribution is 5.98. The Bertz CT molecular complexity index is 750. The molecule has 6 heteroatoms. The standard InChI is InChI=1S/C24H37N5O/c1-18(30)19-7-6-8-20(17-19)26-24(27-23-10-3-2-9-22(23)25)29-15-11-21(12-16-29)28-13-4-5-14-28/h6-8,17,21-23H,2-5,9-16,25H2,1H3,(H,26,27)/t22-,23-/m0/s1. The van der Waals surface area contributed by atoms with Crippen molar-refractivity contribution in [3.05, 3.63) is 29.8 Å². The van der Waals surface area contributed by atoms with Crippen LogP contribution < -0.4 is 11.1 Å². The zero-order valence-corrected chi connectivity index (χ0v) is 18.4. The van der Waals surface area contributed by atoms with Gasteiger partial charge in [0.1, 0.15) is 0 Å². The average molecular weight is 412 g/mol. The van der Waals surface area contributed by atoms with Gasteiger partial charge in [-0.05, 0) is 70.7 Å². The molecule has 1 aromatic carbocycles. The Balaban J connectivity index is 1.50. The van der Waals surface area contributed by atoms with Gasteiger partial charge in [0.2, 0.25) is 0 Å². The smallest absolute Gasteiger partial charge is 0.198 e. The van der Waals surface area contributed by atoms with E-state index >= 15 is 0 Å². The van der Waals surface area contributed by atoms with Crippen molar-refractivity contribution in [2.45, 2.75) is 76.4 Å². The molecule has 1 aliphatic carbocycles. The monoisotopic (exact) mass is 411 g/mol. The summed E-state index contributed by atoms with van der Waals surface area (Å²) in [5, 5.41) is 3.55. The summed E-state index contributed by atoms with van der Waals surface area (Å²) in [7, 11) is 0. The first-order valence-corrected chi connectivity index (χ1v) is 11.8. The molecule has 4 rings (SSSR count). The summed E-state index contributed by atoms with van der Waals surface area (Å²) < 4.78 is 0. The molecular formula is C24H37N5O.